The van der Waals surface area contributed by atoms with Gasteiger partial charge >= 0.3 is 5.97 Å². The Kier molecular flexibility index (Phi) is 8.27. The number of carboxylic acid groups (broad SMARTS) is 1. The SMILES string of the molecule is Cc1cccc(-c2nc(COC3CCCC(CCN[C@H](C(=O)O)C(C)C)C3)c(C)o2)c1. The topological polar surface area (TPSA) is 84.6 Å². The van der Waals surface area contributed by atoms with Crippen molar-refractivity contribution in [2.75, 3.05) is 6.54 Å². The average Bonchev–Trinajstić information content (AvgIpc) is 3.10. The van der Waals surface area contributed by atoms with Crippen molar-refractivity contribution in [3.05, 3.63) is 41.3 Å². The first-order chi connectivity index (χ1) is 14.8. The van der Waals surface area contributed by atoms with Crippen LogP contribution in [-0.4, -0.2) is 34.8 Å². The van der Waals surface area contributed by atoms with Crippen LogP contribution in [0.1, 0.15) is 63.0 Å². The number of oxazole rings is 1. The Bertz CT molecular complexity index is 861. The number of aromatic nitrogens is 1. The van der Waals surface area contributed by atoms with Crippen LogP contribution in [0.25, 0.3) is 11.5 Å². The minimum absolute atomic E-state index is 0.0790. The van der Waals surface area contributed by atoms with E-state index < -0.39 is 12.0 Å². The molecule has 0 spiro atoms. The maximum Gasteiger partial charge on any atom is 0.320 e. The van der Waals surface area contributed by atoms with Gasteiger partial charge in [-0.2, -0.15) is 0 Å². The van der Waals surface area contributed by atoms with Gasteiger partial charge in [-0.25, -0.2) is 4.98 Å². The Hall–Kier alpha value is -2.18. The van der Waals surface area contributed by atoms with Gasteiger partial charge in [0.1, 0.15) is 17.5 Å². The number of carbonyl (C=O) groups is 1. The molecule has 2 N–H and O–H groups in total. The van der Waals surface area contributed by atoms with Crippen LogP contribution in [0.5, 0.6) is 0 Å². The van der Waals surface area contributed by atoms with Crippen LogP contribution in [-0.2, 0) is 16.1 Å². The summed E-state index contributed by atoms with van der Waals surface area (Å²) in [5.74, 6) is 1.32. The van der Waals surface area contributed by atoms with Crippen molar-refractivity contribution in [3.8, 4) is 11.5 Å². The second kappa shape index (κ2) is 10.9. The molecule has 0 aliphatic heterocycles. The zero-order chi connectivity index (χ0) is 22.4. The van der Waals surface area contributed by atoms with Gasteiger partial charge in [0.15, 0.2) is 0 Å². The van der Waals surface area contributed by atoms with E-state index in [1.807, 2.05) is 32.9 Å². The third-order valence-corrected chi connectivity index (χ3v) is 6.20. The molecule has 1 aromatic heterocycles. The first-order valence-electron chi connectivity index (χ1n) is 11.4. The summed E-state index contributed by atoms with van der Waals surface area (Å²) in [4.78, 5) is 16.0. The van der Waals surface area contributed by atoms with Gasteiger partial charge in [0.25, 0.3) is 0 Å². The van der Waals surface area contributed by atoms with Crippen molar-refractivity contribution in [1.29, 1.82) is 0 Å². The number of hydrogen-bond donors (Lipinski definition) is 2. The number of hydrogen-bond acceptors (Lipinski definition) is 5. The maximum absolute atomic E-state index is 11.3. The molecule has 2 unspecified atom stereocenters. The Labute approximate surface area is 185 Å². The van der Waals surface area contributed by atoms with Gasteiger partial charge in [-0.1, -0.05) is 44.4 Å². The molecule has 2 aromatic rings. The number of nitrogens with one attached hydrogen (secondary N) is 1. The fourth-order valence-electron chi connectivity index (χ4n) is 4.37. The van der Waals surface area contributed by atoms with Crippen LogP contribution in [0, 0.1) is 25.7 Å². The van der Waals surface area contributed by atoms with E-state index in [1.54, 1.807) is 0 Å². The van der Waals surface area contributed by atoms with Gasteiger partial charge in [0, 0.05) is 5.56 Å². The number of rotatable bonds is 10. The summed E-state index contributed by atoms with van der Waals surface area (Å²) in [6, 6.07) is 7.68. The number of nitrogens with zero attached hydrogens (tertiary/aromatic N) is 1. The molecule has 6 heteroatoms. The summed E-state index contributed by atoms with van der Waals surface area (Å²) < 4.78 is 12.1. The molecule has 0 amide bonds. The fraction of sp³-hybridized carbons (Fsp3) is 0.600. The van der Waals surface area contributed by atoms with Crippen molar-refractivity contribution in [1.82, 2.24) is 10.3 Å². The van der Waals surface area contributed by atoms with Crippen LogP contribution >= 0.6 is 0 Å². The smallest absolute Gasteiger partial charge is 0.320 e. The lowest BCUT2D eigenvalue weighted by Crippen LogP contribution is -2.42. The molecule has 170 valence electrons. The summed E-state index contributed by atoms with van der Waals surface area (Å²) in [7, 11) is 0. The molecule has 1 saturated carbocycles. The van der Waals surface area contributed by atoms with E-state index in [0.29, 0.717) is 18.4 Å². The molecular weight excluding hydrogens is 392 g/mol. The van der Waals surface area contributed by atoms with Gasteiger partial charge in [-0.05, 0) is 63.6 Å². The zero-order valence-corrected chi connectivity index (χ0v) is 19.2. The number of carboxylic acids is 1. The first kappa shape index (κ1) is 23.5. The van der Waals surface area contributed by atoms with E-state index in [9.17, 15) is 9.90 Å². The summed E-state index contributed by atoms with van der Waals surface area (Å²) in [5, 5.41) is 12.5. The van der Waals surface area contributed by atoms with Gasteiger partial charge in [0.05, 0.1) is 12.7 Å². The number of aryl methyl sites for hydroxylation is 2. The highest BCUT2D eigenvalue weighted by molar-refractivity contribution is 5.73. The van der Waals surface area contributed by atoms with Crippen LogP contribution in [0.4, 0.5) is 0 Å². The Balaban J connectivity index is 1.48. The highest BCUT2D eigenvalue weighted by atomic mass is 16.5. The molecule has 31 heavy (non-hydrogen) atoms. The maximum atomic E-state index is 11.3. The number of aliphatic carboxylic acids is 1. The summed E-state index contributed by atoms with van der Waals surface area (Å²) in [6.45, 7) is 9.07. The van der Waals surface area contributed by atoms with E-state index in [-0.39, 0.29) is 12.0 Å². The largest absolute Gasteiger partial charge is 0.480 e. The van der Waals surface area contributed by atoms with Crippen molar-refractivity contribution >= 4 is 5.97 Å². The highest BCUT2D eigenvalue weighted by Crippen LogP contribution is 2.30. The van der Waals surface area contributed by atoms with Gasteiger partial charge < -0.3 is 19.6 Å². The summed E-state index contributed by atoms with van der Waals surface area (Å²) >= 11 is 0. The lowest BCUT2D eigenvalue weighted by atomic mass is 9.85. The molecule has 1 aromatic carbocycles. The molecule has 0 bridgehead atoms. The molecule has 6 nitrogen and oxygen atoms in total. The van der Waals surface area contributed by atoms with Crippen LogP contribution in [0.15, 0.2) is 28.7 Å². The van der Waals surface area contributed by atoms with E-state index >= 15 is 0 Å². The average molecular weight is 429 g/mol. The van der Waals surface area contributed by atoms with Crippen molar-refractivity contribution in [2.45, 2.75) is 78.6 Å². The van der Waals surface area contributed by atoms with Gasteiger partial charge in [0.2, 0.25) is 5.89 Å². The molecule has 0 radical (unpaired) electrons. The Morgan fingerprint density at radius 2 is 2.13 bits per heavy atom. The zero-order valence-electron chi connectivity index (χ0n) is 19.2. The van der Waals surface area contributed by atoms with E-state index in [4.69, 9.17) is 9.15 Å². The van der Waals surface area contributed by atoms with Gasteiger partial charge in [-0.3, -0.25) is 4.79 Å². The van der Waals surface area contributed by atoms with Gasteiger partial charge in [-0.15, -0.1) is 0 Å². The molecule has 1 aliphatic rings. The Morgan fingerprint density at radius 3 is 2.84 bits per heavy atom. The monoisotopic (exact) mass is 428 g/mol. The molecular formula is C25H36N2O4. The van der Waals surface area contributed by atoms with E-state index in [0.717, 1.165) is 49.2 Å². The van der Waals surface area contributed by atoms with Crippen molar-refractivity contribution < 1.29 is 19.1 Å². The predicted octanol–water partition coefficient (Wildman–Crippen LogP) is 5.12. The summed E-state index contributed by atoms with van der Waals surface area (Å²) in [5.41, 5.74) is 3.03. The third-order valence-electron chi connectivity index (χ3n) is 6.20. The third kappa shape index (κ3) is 6.65. The molecule has 1 fully saturated rings. The molecule has 1 aliphatic carbocycles. The molecule has 3 rings (SSSR count). The van der Waals surface area contributed by atoms with Crippen LogP contribution in [0.2, 0.25) is 0 Å². The molecule has 3 atom stereocenters. The standard InChI is InChI=1S/C25H36N2O4/c1-16(2)23(25(28)29)26-12-11-19-8-6-10-21(14-19)30-15-22-18(4)31-24(27-22)20-9-5-7-17(3)13-20/h5,7,9,13,16,19,21,23,26H,6,8,10-12,14-15H2,1-4H3,(H,28,29)/t19?,21?,23-/m0/s1. The number of ether oxygens (including phenoxy) is 1. The van der Waals surface area contributed by atoms with E-state index in [2.05, 4.69) is 29.4 Å². The second-order valence-corrected chi connectivity index (χ2v) is 9.16. The molecule has 1 heterocycles. The summed E-state index contributed by atoms with van der Waals surface area (Å²) in [6.07, 6.45) is 5.61. The lowest BCUT2D eigenvalue weighted by Gasteiger charge is -2.29. The lowest BCUT2D eigenvalue weighted by molar-refractivity contribution is -0.140. The normalized spacial score (nSPS) is 20.2. The fourth-order valence-corrected chi connectivity index (χ4v) is 4.37. The minimum Gasteiger partial charge on any atom is -0.480 e. The quantitative estimate of drug-likeness (QED) is 0.546. The molecule has 0 saturated heterocycles. The second-order valence-electron chi connectivity index (χ2n) is 9.16. The van der Waals surface area contributed by atoms with Crippen molar-refractivity contribution in [3.63, 3.8) is 0 Å². The van der Waals surface area contributed by atoms with Crippen LogP contribution < -0.4 is 5.32 Å². The predicted molar refractivity (Wildman–Crippen MR) is 121 cm³/mol. The minimum atomic E-state index is -0.770. The van der Waals surface area contributed by atoms with Crippen molar-refractivity contribution in [2.24, 2.45) is 11.8 Å². The Morgan fingerprint density at radius 1 is 1.32 bits per heavy atom. The highest BCUT2D eigenvalue weighted by Gasteiger charge is 2.25. The van der Waals surface area contributed by atoms with Crippen LogP contribution in [0.3, 0.4) is 0 Å². The number of benzene rings is 1. The van der Waals surface area contributed by atoms with E-state index in [1.165, 1.54) is 12.0 Å². The first-order valence-corrected chi connectivity index (χ1v) is 11.4.